The minimum atomic E-state index is -1.21. The molecular formula is C33H36CaF2N2O5. The predicted octanol–water partition coefficient (Wildman–Crippen LogP) is 5.54. The molecule has 0 radical (unpaired) electrons. The fraction of sp³-hybridized carbons (Fsp3) is 0.273. The number of hydrogen-bond donors (Lipinski definition) is 4. The first-order valence-corrected chi connectivity index (χ1v) is 13.8. The first-order chi connectivity index (χ1) is 20.0. The van der Waals surface area contributed by atoms with Crippen molar-refractivity contribution in [1.29, 1.82) is 0 Å². The Morgan fingerprint density at radius 2 is 1.42 bits per heavy atom. The van der Waals surface area contributed by atoms with Crippen LogP contribution in [-0.2, 0) is 11.3 Å². The molecule has 0 spiro atoms. The zero-order valence-electron chi connectivity index (χ0n) is 23.4. The summed E-state index contributed by atoms with van der Waals surface area (Å²) >= 11 is 0. The van der Waals surface area contributed by atoms with Crippen molar-refractivity contribution in [3.63, 3.8) is 0 Å². The molecule has 0 unspecified atom stereocenters. The van der Waals surface area contributed by atoms with Crippen LogP contribution in [0.3, 0.4) is 0 Å². The number of aliphatic hydroxyl groups excluding tert-OH is 2. The molecule has 0 bridgehead atoms. The number of rotatable bonds is 12. The number of carbonyl (C=O) groups is 2. The van der Waals surface area contributed by atoms with Gasteiger partial charge in [-0.1, -0.05) is 44.2 Å². The summed E-state index contributed by atoms with van der Waals surface area (Å²) in [4.78, 5) is 25.0. The van der Waals surface area contributed by atoms with Crippen LogP contribution < -0.4 is 5.32 Å². The number of carboxylic acids is 1. The number of aliphatic carboxylic acids is 1. The van der Waals surface area contributed by atoms with Gasteiger partial charge in [-0.2, -0.15) is 0 Å². The number of nitrogens with one attached hydrogen (secondary N) is 1. The molecule has 4 aromatic rings. The second kappa shape index (κ2) is 15.6. The van der Waals surface area contributed by atoms with Gasteiger partial charge in [-0.25, -0.2) is 8.78 Å². The molecule has 10 heteroatoms. The van der Waals surface area contributed by atoms with Gasteiger partial charge in [-0.15, -0.1) is 0 Å². The molecule has 0 aliphatic carbocycles. The molecule has 0 fully saturated rings. The molecule has 1 amide bonds. The first kappa shape index (κ1) is 34.4. The third kappa shape index (κ3) is 8.74. The van der Waals surface area contributed by atoms with E-state index in [0.717, 1.165) is 5.56 Å². The molecule has 4 N–H and O–H groups in total. The van der Waals surface area contributed by atoms with Crippen LogP contribution in [0, 0.1) is 11.6 Å². The SMILES string of the molecule is CC(C)c1c(C(=O)Nc2ccc(F)cc2)c(-c2ccccc2)c(-c2ccc(F)cc2)n1CC[C@@H](O)C[C@@H](O)CC(=O)O.[CaH2]. The molecule has 4 rings (SSSR count). The third-order valence-electron chi connectivity index (χ3n) is 7.00. The quantitative estimate of drug-likeness (QED) is 0.156. The molecule has 43 heavy (non-hydrogen) atoms. The van der Waals surface area contributed by atoms with Gasteiger partial charge in [0.1, 0.15) is 11.6 Å². The number of carboxylic acid groups (broad SMARTS) is 1. The van der Waals surface area contributed by atoms with Crippen molar-refractivity contribution >= 4 is 55.3 Å². The number of halogens is 2. The molecule has 7 nitrogen and oxygen atoms in total. The molecule has 0 saturated carbocycles. The van der Waals surface area contributed by atoms with Gasteiger partial charge in [0.05, 0.1) is 29.9 Å². The zero-order chi connectivity index (χ0) is 30.4. The standard InChI is InChI=1S/C33H34F2N2O5.Ca.2H/c1-20(2)31-30(33(42)36-25-14-12-24(35)13-15-25)29(21-6-4-3-5-7-21)32(22-8-10-23(34)11-9-22)37(31)17-16-26(38)18-27(39)19-28(40)41;;;/h3-15,20,26-27,38-39H,16-19H2,1-2H3,(H,36,42)(H,40,41);;;/t26-,27-;;;/m1.../s1. The Kier molecular flexibility index (Phi) is 12.5. The van der Waals surface area contributed by atoms with Gasteiger partial charge < -0.3 is 25.2 Å². The maximum absolute atomic E-state index is 14.0. The Bertz CT molecular complexity index is 1520. The van der Waals surface area contributed by atoms with Crippen molar-refractivity contribution in [3.05, 3.63) is 102 Å². The summed E-state index contributed by atoms with van der Waals surface area (Å²) in [7, 11) is 0. The van der Waals surface area contributed by atoms with E-state index in [2.05, 4.69) is 5.32 Å². The van der Waals surface area contributed by atoms with Crippen molar-refractivity contribution < 1.29 is 33.7 Å². The van der Waals surface area contributed by atoms with E-state index in [4.69, 9.17) is 5.11 Å². The van der Waals surface area contributed by atoms with Crippen LogP contribution in [0.25, 0.3) is 22.4 Å². The molecule has 1 aromatic heterocycles. The normalized spacial score (nSPS) is 12.4. The molecular weight excluding hydrogens is 582 g/mol. The van der Waals surface area contributed by atoms with Crippen molar-refractivity contribution in [2.45, 2.75) is 57.8 Å². The Morgan fingerprint density at radius 1 is 0.837 bits per heavy atom. The number of benzene rings is 3. The summed E-state index contributed by atoms with van der Waals surface area (Å²) in [5.74, 6) is -2.60. The topological polar surface area (TPSA) is 112 Å². The molecule has 1 heterocycles. The number of aromatic nitrogens is 1. The minimum absolute atomic E-state index is 0. The molecule has 3 aromatic carbocycles. The second-order valence-corrected chi connectivity index (χ2v) is 10.6. The predicted molar refractivity (Wildman–Crippen MR) is 166 cm³/mol. The van der Waals surface area contributed by atoms with E-state index in [-0.39, 0.29) is 63.0 Å². The van der Waals surface area contributed by atoms with Crippen molar-refractivity contribution in [3.8, 4) is 22.4 Å². The average Bonchev–Trinajstić information content (AvgIpc) is 3.29. The van der Waals surface area contributed by atoms with Gasteiger partial charge >= 0.3 is 43.7 Å². The fourth-order valence-corrected chi connectivity index (χ4v) is 5.21. The number of amides is 1. The molecule has 2 atom stereocenters. The van der Waals surface area contributed by atoms with Gasteiger partial charge in [-0.05, 0) is 78.4 Å². The van der Waals surface area contributed by atoms with E-state index in [1.807, 2.05) is 48.7 Å². The number of aliphatic hydroxyl groups is 2. The fourth-order valence-electron chi connectivity index (χ4n) is 5.21. The monoisotopic (exact) mass is 618 g/mol. The van der Waals surface area contributed by atoms with E-state index in [1.165, 1.54) is 36.4 Å². The Balaban J connectivity index is 0.00000506. The molecule has 224 valence electrons. The summed E-state index contributed by atoms with van der Waals surface area (Å²) < 4.78 is 29.5. The van der Waals surface area contributed by atoms with E-state index >= 15 is 0 Å². The Hall–Kier alpha value is -3.08. The van der Waals surface area contributed by atoms with Crippen LogP contribution in [0.5, 0.6) is 0 Å². The van der Waals surface area contributed by atoms with Crippen LogP contribution in [0.2, 0.25) is 0 Å². The van der Waals surface area contributed by atoms with Crippen LogP contribution in [0.1, 0.15) is 55.1 Å². The van der Waals surface area contributed by atoms with Gasteiger partial charge in [0.2, 0.25) is 0 Å². The van der Waals surface area contributed by atoms with Crippen LogP contribution >= 0.6 is 0 Å². The van der Waals surface area contributed by atoms with Crippen molar-refractivity contribution in [2.24, 2.45) is 0 Å². The number of nitrogens with zero attached hydrogens (tertiary/aromatic N) is 1. The summed E-state index contributed by atoms with van der Waals surface area (Å²) in [5.41, 5.74) is 4.14. The zero-order valence-corrected chi connectivity index (χ0v) is 23.4. The van der Waals surface area contributed by atoms with E-state index in [1.54, 1.807) is 12.1 Å². The third-order valence-corrected chi connectivity index (χ3v) is 7.00. The van der Waals surface area contributed by atoms with Gasteiger partial charge in [0, 0.05) is 23.5 Å². The van der Waals surface area contributed by atoms with E-state index < -0.39 is 42.1 Å². The maximum atomic E-state index is 14.0. The van der Waals surface area contributed by atoms with Crippen molar-refractivity contribution in [2.75, 3.05) is 5.32 Å². The summed E-state index contributed by atoms with van der Waals surface area (Å²) in [6.07, 6.45) is -2.67. The van der Waals surface area contributed by atoms with Crippen LogP contribution in [0.15, 0.2) is 78.9 Å². The Labute approximate surface area is 279 Å². The van der Waals surface area contributed by atoms with Gasteiger partial charge in [0.15, 0.2) is 0 Å². The van der Waals surface area contributed by atoms with Crippen LogP contribution in [-0.4, -0.2) is 81.7 Å². The van der Waals surface area contributed by atoms with Crippen LogP contribution in [0.4, 0.5) is 14.5 Å². The van der Waals surface area contributed by atoms with Crippen molar-refractivity contribution in [1.82, 2.24) is 4.57 Å². The Morgan fingerprint density at radius 3 is 1.98 bits per heavy atom. The number of carbonyl (C=O) groups excluding carboxylic acids is 1. The van der Waals surface area contributed by atoms with E-state index in [0.29, 0.717) is 33.8 Å². The summed E-state index contributed by atoms with van der Waals surface area (Å²) in [6.45, 7) is 4.11. The molecule has 0 aliphatic rings. The summed E-state index contributed by atoms with van der Waals surface area (Å²) in [5, 5.41) is 32.6. The van der Waals surface area contributed by atoms with Gasteiger partial charge in [-0.3, -0.25) is 9.59 Å². The average molecular weight is 619 g/mol. The first-order valence-electron chi connectivity index (χ1n) is 13.8. The molecule has 0 saturated heterocycles. The number of anilines is 1. The second-order valence-electron chi connectivity index (χ2n) is 10.6. The summed E-state index contributed by atoms with van der Waals surface area (Å²) in [6, 6.07) is 20.7. The van der Waals surface area contributed by atoms with Gasteiger partial charge in [0.25, 0.3) is 5.91 Å². The van der Waals surface area contributed by atoms with E-state index in [9.17, 15) is 28.6 Å². The number of hydrogen-bond acceptors (Lipinski definition) is 4. The molecule has 0 aliphatic heterocycles.